The van der Waals surface area contributed by atoms with Crippen LogP contribution < -0.4 is 9.64 Å². The number of ether oxygens (including phenoxy) is 1. The Bertz CT molecular complexity index is 893. The van der Waals surface area contributed by atoms with Gasteiger partial charge in [0.2, 0.25) is 5.91 Å². The first kappa shape index (κ1) is 21.1. The first-order valence-corrected chi connectivity index (χ1v) is 10.8. The van der Waals surface area contributed by atoms with Gasteiger partial charge in [-0.3, -0.25) is 9.69 Å². The van der Waals surface area contributed by atoms with Crippen molar-refractivity contribution < 1.29 is 13.9 Å². The summed E-state index contributed by atoms with van der Waals surface area (Å²) in [6.45, 7) is 2.26. The van der Waals surface area contributed by atoms with Crippen molar-refractivity contribution in [3.63, 3.8) is 0 Å². The fraction of sp³-hybridized carbons (Fsp3) is 0.458. The van der Waals surface area contributed by atoms with E-state index >= 15 is 0 Å². The highest BCUT2D eigenvalue weighted by atomic mass is 35.5. The number of fused-ring (bicyclic) bond motifs is 1. The maximum Gasteiger partial charge on any atom is 0.231 e. The lowest BCUT2D eigenvalue weighted by molar-refractivity contribution is -0.118. The normalized spacial score (nSPS) is 20.3. The van der Waals surface area contributed by atoms with Crippen LogP contribution in [0.3, 0.4) is 0 Å². The number of halogens is 2. The van der Waals surface area contributed by atoms with Crippen LogP contribution in [0.2, 0.25) is 0 Å². The second-order valence-electron chi connectivity index (χ2n) is 8.43. The average Bonchev–Trinajstić information content (AvgIpc) is 2.69. The van der Waals surface area contributed by atoms with E-state index in [1.54, 1.807) is 17.0 Å². The zero-order valence-corrected chi connectivity index (χ0v) is 17.9. The molecule has 0 unspecified atom stereocenters. The Morgan fingerprint density at radius 3 is 2.33 bits per heavy atom. The predicted octanol–water partition coefficient (Wildman–Crippen LogP) is 5.25. The van der Waals surface area contributed by atoms with Crippen LogP contribution in [0.25, 0.3) is 0 Å². The van der Waals surface area contributed by atoms with Gasteiger partial charge in [0.05, 0.1) is 5.69 Å². The monoisotopic (exact) mass is 430 g/mol. The van der Waals surface area contributed by atoms with Gasteiger partial charge in [0.1, 0.15) is 17.7 Å². The van der Waals surface area contributed by atoms with E-state index in [4.69, 9.17) is 4.74 Å². The second kappa shape index (κ2) is 8.94. The molecule has 6 heteroatoms. The highest BCUT2D eigenvalue weighted by molar-refractivity contribution is 6.03. The van der Waals surface area contributed by atoms with Gasteiger partial charge in [-0.15, -0.1) is 12.4 Å². The number of aryl methyl sites for hydroxylation is 1. The molecule has 1 saturated carbocycles. The van der Waals surface area contributed by atoms with E-state index < -0.39 is 0 Å². The van der Waals surface area contributed by atoms with Crippen LogP contribution in [0.1, 0.15) is 44.1 Å². The Balaban J connectivity index is 0.00000218. The van der Waals surface area contributed by atoms with Gasteiger partial charge < -0.3 is 9.64 Å². The molecule has 0 spiro atoms. The number of hydrogen-bond acceptors (Lipinski definition) is 3. The Labute approximate surface area is 183 Å². The minimum Gasteiger partial charge on any atom is -0.490 e. The number of hydrogen-bond donors (Lipinski definition) is 0. The molecule has 1 aliphatic carbocycles. The van der Waals surface area contributed by atoms with Crippen molar-refractivity contribution in [2.24, 2.45) is 0 Å². The van der Waals surface area contributed by atoms with Crippen LogP contribution in [0.4, 0.5) is 15.8 Å². The van der Waals surface area contributed by atoms with E-state index in [9.17, 15) is 9.18 Å². The minimum atomic E-state index is -0.300. The number of nitrogens with zero attached hydrogens (tertiary/aromatic N) is 2. The fourth-order valence-electron chi connectivity index (χ4n) is 4.72. The Kier molecular flexibility index (Phi) is 6.30. The third-order valence-corrected chi connectivity index (χ3v) is 6.60. The summed E-state index contributed by atoms with van der Waals surface area (Å²) in [5, 5.41) is 0. The quantitative estimate of drug-likeness (QED) is 0.663. The molecular formula is C24H28ClFN2O2. The van der Waals surface area contributed by atoms with Crippen LogP contribution in [-0.2, 0) is 11.2 Å². The van der Waals surface area contributed by atoms with E-state index in [1.165, 1.54) is 31.4 Å². The lowest BCUT2D eigenvalue weighted by Crippen LogP contribution is -2.46. The van der Waals surface area contributed by atoms with Crippen molar-refractivity contribution in [3.05, 3.63) is 53.8 Å². The number of rotatable bonds is 4. The highest BCUT2D eigenvalue weighted by Gasteiger charge is 2.30. The van der Waals surface area contributed by atoms with E-state index in [2.05, 4.69) is 11.0 Å². The van der Waals surface area contributed by atoms with Crippen molar-refractivity contribution in [2.75, 3.05) is 18.0 Å². The van der Waals surface area contributed by atoms with Crippen LogP contribution in [0, 0.1) is 5.82 Å². The first-order chi connectivity index (χ1) is 14.2. The van der Waals surface area contributed by atoms with Crippen LogP contribution in [0.5, 0.6) is 5.75 Å². The maximum atomic E-state index is 13.3. The largest absolute Gasteiger partial charge is 0.490 e. The number of carbonyl (C=O) groups excluding carboxylic acids is 1. The molecule has 2 aromatic carbocycles. The van der Waals surface area contributed by atoms with Gasteiger partial charge in [-0.2, -0.15) is 0 Å². The molecule has 1 amide bonds. The topological polar surface area (TPSA) is 32.8 Å². The molecule has 0 atom stereocenters. The van der Waals surface area contributed by atoms with Gasteiger partial charge in [-0.05, 0) is 80.1 Å². The van der Waals surface area contributed by atoms with Crippen molar-refractivity contribution in [3.8, 4) is 5.75 Å². The molecule has 4 nitrogen and oxygen atoms in total. The van der Waals surface area contributed by atoms with E-state index in [0.717, 1.165) is 49.0 Å². The summed E-state index contributed by atoms with van der Waals surface area (Å²) in [5.74, 6) is 0.630. The molecule has 1 saturated heterocycles. The number of piperidine rings is 1. The molecule has 160 valence electrons. The van der Waals surface area contributed by atoms with E-state index in [-0.39, 0.29) is 30.2 Å². The lowest BCUT2D eigenvalue weighted by atomic mass is 9.90. The van der Waals surface area contributed by atoms with Gasteiger partial charge >= 0.3 is 0 Å². The molecule has 0 aromatic heterocycles. The maximum absolute atomic E-state index is 13.3. The van der Waals surface area contributed by atoms with Crippen molar-refractivity contribution in [2.45, 2.75) is 57.1 Å². The standard InChI is InChI=1S/C24H27FN2O2.ClH/c25-18-5-7-20(8-6-18)27-23-10-9-22(16-17(23)4-11-24(27)28)29-21-12-14-26(15-13-21)19-2-1-3-19;/h5-10,16,19,21H,1-4,11-15H2;1H. The molecule has 3 aliphatic rings. The number of likely N-dealkylation sites (tertiary alicyclic amines) is 1. The summed E-state index contributed by atoms with van der Waals surface area (Å²) < 4.78 is 19.6. The minimum absolute atomic E-state index is 0. The molecule has 0 radical (unpaired) electrons. The average molecular weight is 431 g/mol. The summed E-state index contributed by atoms with van der Waals surface area (Å²) >= 11 is 0. The van der Waals surface area contributed by atoms with Crippen LogP contribution in [0.15, 0.2) is 42.5 Å². The third-order valence-electron chi connectivity index (χ3n) is 6.60. The summed E-state index contributed by atoms with van der Waals surface area (Å²) in [6.07, 6.45) is 7.69. The smallest absolute Gasteiger partial charge is 0.231 e. The molecule has 0 bridgehead atoms. The lowest BCUT2D eigenvalue weighted by Gasteiger charge is -2.41. The predicted molar refractivity (Wildman–Crippen MR) is 118 cm³/mol. The molecular weight excluding hydrogens is 403 g/mol. The summed E-state index contributed by atoms with van der Waals surface area (Å²) in [5.41, 5.74) is 2.69. The summed E-state index contributed by atoms with van der Waals surface area (Å²) in [7, 11) is 0. The van der Waals surface area contributed by atoms with Crippen molar-refractivity contribution in [1.29, 1.82) is 0 Å². The number of amides is 1. The van der Waals surface area contributed by atoms with Gasteiger partial charge in [-0.1, -0.05) is 6.42 Å². The summed E-state index contributed by atoms with van der Waals surface area (Å²) in [4.78, 5) is 16.9. The first-order valence-electron chi connectivity index (χ1n) is 10.8. The SMILES string of the molecule is Cl.O=C1CCc2cc(OC3CCN(C4CCC4)CC3)ccc2N1c1ccc(F)cc1. The number of anilines is 2. The molecule has 2 aliphatic heterocycles. The number of benzene rings is 2. The molecule has 2 heterocycles. The Hall–Kier alpha value is -2.11. The van der Waals surface area contributed by atoms with Gasteiger partial charge in [0.25, 0.3) is 0 Å². The van der Waals surface area contributed by atoms with Gasteiger partial charge in [0.15, 0.2) is 0 Å². The molecule has 2 aromatic rings. The van der Waals surface area contributed by atoms with Crippen molar-refractivity contribution in [1.82, 2.24) is 4.90 Å². The van der Waals surface area contributed by atoms with E-state index in [1.807, 2.05) is 12.1 Å². The molecule has 0 N–H and O–H groups in total. The molecule has 2 fully saturated rings. The zero-order chi connectivity index (χ0) is 19.8. The molecule has 5 rings (SSSR count). The zero-order valence-electron chi connectivity index (χ0n) is 17.1. The van der Waals surface area contributed by atoms with Crippen molar-refractivity contribution >= 4 is 29.7 Å². The van der Waals surface area contributed by atoms with E-state index in [0.29, 0.717) is 18.5 Å². The summed E-state index contributed by atoms with van der Waals surface area (Å²) in [6, 6.07) is 12.9. The van der Waals surface area contributed by atoms with Crippen LogP contribution >= 0.6 is 12.4 Å². The van der Waals surface area contributed by atoms with Gasteiger partial charge in [0, 0.05) is 31.2 Å². The Morgan fingerprint density at radius 2 is 1.67 bits per heavy atom. The third kappa shape index (κ3) is 4.19. The second-order valence-corrected chi connectivity index (χ2v) is 8.43. The molecule has 30 heavy (non-hydrogen) atoms. The number of carbonyl (C=O) groups is 1. The van der Waals surface area contributed by atoms with Gasteiger partial charge in [-0.25, -0.2) is 4.39 Å². The van der Waals surface area contributed by atoms with Crippen LogP contribution in [-0.4, -0.2) is 36.0 Å². The Morgan fingerprint density at radius 1 is 0.933 bits per heavy atom. The highest BCUT2D eigenvalue weighted by Crippen LogP contribution is 2.37. The fourth-order valence-corrected chi connectivity index (χ4v) is 4.72.